The highest BCUT2D eigenvalue weighted by Gasteiger charge is 2.54. The van der Waals surface area contributed by atoms with Crippen LogP contribution in [0.25, 0.3) is 0 Å². The molecule has 1 unspecified atom stereocenters. The molecule has 0 aromatic carbocycles. The van der Waals surface area contributed by atoms with Gasteiger partial charge in [0.2, 0.25) is 11.8 Å². The molecule has 0 saturated carbocycles. The van der Waals surface area contributed by atoms with Gasteiger partial charge in [0.05, 0.1) is 6.04 Å². The number of rotatable bonds is 2. The molecule has 0 bridgehead atoms. The van der Waals surface area contributed by atoms with Gasteiger partial charge in [0, 0.05) is 18.8 Å². The van der Waals surface area contributed by atoms with Gasteiger partial charge in [-0.05, 0) is 19.3 Å². The molecule has 90 valence electrons. The summed E-state index contributed by atoms with van der Waals surface area (Å²) >= 11 is 4.03. The summed E-state index contributed by atoms with van der Waals surface area (Å²) in [6.45, 7) is 1.20. The van der Waals surface area contributed by atoms with Crippen molar-refractivity contribution in [2.24, 2.45) is 5.73 Å². The summed E-state index contributed by atoms with van der Waals surface area (Å²) in [4.78, 5) is 25.4. The van der Waals surface area contributed by atoms with E-state index in [0.29, 0.717) is 18.8 Å². The molecule has 2 atom stereocenters. The molecule has 2 amide bonds. The van der Waals surface area contributed by atoms with Crippen molar-refractivity contribution in [3.05, 3.63) is 0 Å². The van der Waals surface area contributed by atoms with Crippen LogP contribution in [0.2, 0.25) is 0 Å². The molecule has 2 fully saturated rings. The molecule has 0 aliphatic carbocycles. The Labute approximate surface area is 100 Å². The zero-order valence-corrected chi connectivity index (χ0v) is 10.0. The Bertz CT molecular complexity index is 323. The third-order valence-electron chi connectivity index (χ3n) is 3.48. The number of nitrogens with one attached hydrogen (secondary N) is 1. The molecule has 0 radical (unpaired) electrons. The number of β-lactam (4-membered cyclic amide) rings is 1. The molecule has 0 aromatic heterocycles. The number of nitrogens with zero attached hydrogens (tertiary/aromatic N) is 1. The highest BCUT2D eigenvalue weighted by Crippen LogP contribution is 2.33. The maximum atomic E-state index is 12.1. The highest BCUT2D eigenvalue weighted by atomic mass is 32.1. The molecule has 5 nitrogen and oxygen atoms in total. The van der Waals surface area contributed by atoms with Gasteiger partial charge in [-0.15, -0.1) is 0 Å². The van der Waals surface area contributed by atoms with E-state index in [4.69, 9.17) is 5.73 Å². The molecule has 2 aliphatic heterocycles. The fourth-order valence-corrected chi connectivity index (χ4v) is 2.58. The third-order valence-corrected chi connectivity index (χ3v) is 3.88. The molecule has 16 heavy (non-hydrogen) atoms. The Hall–Kier alpha value is -0.750. The minimum atomic E-state index is -0.605. The van der Waals surface area contributed by atoms with E-state index in [1.54, 1.807) is 4.90 Å². The van der Waals surface area contributed by atoms with E-state index in [1.807, 2.05) is 0 Å². The smallest absolute Gasteiger partial charge is 0.247 e. The third kappa shape index (κ3) is 1.60. The Kier molecular flexibility index (Phi) is 3.12. The van der Waals surface area contributed by atoms with E-state index >= 15 is 0 Å². The molecule has 1 spiro atoms. The predicted molar refractivity (Wildman–Crippen MR) is 63.1 cm³/mol. The van der Waals surface area contributed by atoms with Crippen molar-refractivity contribution >= 4 is 24.4 Å². The van der Waals surface area contributed by atoms with E-state index in [9.17, 15) is 9.59 Å². The predicted octanol–water partition coefficient (Wildman–Crippen LogP) is -0.875. The van der Waals surface area contributed by atoms with Crippen LogP contribution in [0.15, 0.2) is 0 Å². The molecule has 2 heterocycles. The van der Waals surface area contributed by atoms with Crippen LogP contribution in [0.1, 0.15) is 19.3 Å². The van der Waals surface area contributed by atoms with Crippen molar-refractivity contribution in [1.82, 2.24) is 10.2 Å². The number of thiol groups is 1. The minimum absolute atomic E-state index is 0.0353. The Balaban J connectivity index is 2.17. The number of piperidine rings is 1. The lowest BCUT2D eigenvalue weighted by Crippen LogP contribution is -2.76. The average molecular weight is 243 g/mol. The number of hydrogen-bond donors (Lipinski definition) is 3. The summed E-state index contributed by atoms with van der Waals surface area (Å²) in [5.41, 5.74) is 5.09. The molecular formula is C10H17N3O2S. The zero-order chi connectivity index (χ0) is 11.8. The van der Waals surface area contributed by atoms with Crippen LogP contribution >= 0.6 is 12.6 Å². The fourth-order valence-electron chi connectivity index (χ4n) is 2.42. The van der Waals surface area contributed by atoms with Crippen LogP contribution < -0.4 is 11.1 Å². The average Bonchev–Trinajstić information content (AvgIpc) is 2.34. The summed E-state index contributed by atoms with van der Waals surface area (Å²) in [7, 11) is 0. The first-order valence-corrected chi connectivity index (χ1v) is 6.21. The van der Waals surface area contributed by atoms with Gasteiger partial charge in [0.15, 0.2) is 0 Å². The summed E-state index contributed by atoms with van der Waals surface area (Å²) in [5, 5.41) is 2.72. The lowest BCUT2D eigenvalue weighted by Gasteiger charge is -2.51. The van der Waals surface area contributed by atoms with Crippen molar-refractivity contribution in [1.29, 1.82) is 0 Å². The largest absolute Gasteiger partial charge is 0.351 e. The van der Waals surface area contributed by atoms with Gasteiger partial charge in [-0.2, -0.15) is 12.6 Å². The van der Waals surface area contributed by atoms with Crippen LogP contribution in [-0.4, -0.2) is 47.1 Å². The molecule has 0 aromatic rings. The summed E-state index contributed by atoms with van der Waals surface area (Å²) < 4.78 is 0. The first kappa shape index (κ1) is 11.7. The number of likely N-dealkylation sites (tertiary alicyclic amines) is 1. The Morgan fingerprint density at radius 2 is 2.38 bits per heavy atom. The molecular weight excluding hydrogens is 226 g/mol. The normalized spacial score (nSPS) is 30.9. The van der Waals surface area contributed by atoms with Gasteiger partial charge in [-0.1, -0.05) is 0 Å². The molecule has 3 N–H and O–H groups in total. The maximum Gasteiger partial charge on any atom is 0.247 e. The van der Waals surface area contributed by atoms with Crippen LogP contribution in [0, 0.1) is 0 Å². The number of hydrogen-bond acceptors (Lipinski definition) is 4. The Morgan fingerprint density at radius 1 is 1.62 bits per heavy atom. The Morgan fingerprint density at radius 3 is 2.88 bits per heavy atom. The van der Waals surface area contributed by atoms with E-state index in [2.05, 4.69) is 17.9 Å². The van der Waals surface area contributed by atoms with Gasteiger partial charge < -0.3 is 16.0 Å². The van der Waals surface area contributed by atoms with Crippen LogP contribution in [0.5, 0.6) is 0 Å². The van der Waals surface area contributed by atoms with E-state index in [0.717, 1.165) is 19.3 Å². The second kappa shape index (κ2) is 4.25. The van der Waals surface area contributed by atoms with E-state index in [1.165, 1.54) is 0 Å². The first-order chi connectivity index (χ1) is 7.62. The van der Waals surface area contributed by atoms with Gasteiger partial charge in [0.25, 0.3) is 0 Å². The topological polar surface area (TPSA) is 75.4 Å². The summed E-state index contributed by atoms with van der Waals surface area (Å²) in [6.07, 6.45) is 2.69. The van der Waals surface area contributed by atoms with Crippen molar-refractivity contribution in [3.8, 4) is 0 Å². The van der Waals surface area contributed by atoms with Gasteiger partial charge in [0.1, 0.15) is 5.54 Å². The quantitative estimate of drug-likeness (QED) is 0.436. The van der Waals surface area contributed by atoms with E-state index < -0.39 is 11.6 Å². The second-order valence-corrected chi connectivity index (χ2v) is 4.82. The standard InChI is InChI=1S/C10H17N3O2S/c11-7(5-16)8(14)13-4-2-1-3-10(13)6-12-9(10)15/h7,16H,1-6,11H2,(H,12,15)/t7-,10?/m0/s1. The van der Waals surface area contributed by atoms with Gasteiger partial charge in [-0.25, -0.2) is 0 Å². The fraction of sp³-hybridized carbons (Fsp3) is 0.800. The summed E-state index contributed by atoms with van der Waals surface area (Å²) in [6, 6.07) is -0.605. The molecule has 2 aliphatic rings. The van der Waals surface area contributed by atoms with Crippen molar-refractivity contribution in [3.63, 3.8) is 0 Å². The van der Waals surface area contributed by atoms with E-state index in [-0.39, 0.29) is 11.8 Å². The van der Waals surface area contributed by atoms with Crippen LogP contribution in [0.4, 0.5) is 0 Å². The lowest BCUT2D eigenvalue weighted by molar-refractivity contribution is -0.159. The first-order valence-electron chi connectivity index (χ1n) is 5.58. The number of nitrogens with two attached hydrogens (primary N) is 1. The van der Waals surface area contributed by atoms with Crippen LogP contribution in [0.3, 0.4) is 0 Å². The van der Waals surface area contributed by atoms with Gasteiger partial charge in [-0.3, -0.25) is 9.59 Å². The molecule has 2 rings (SSSR count). The lowest BCUT2D eigenvalue weighted by atomic mass is 9.80. The highest BCUT2D eigenvalue weighted by molar-refractivity contribution is 7.80. The molecule has 2 saturated heterocycles. The summed E-state index contributed by atoms with van der Waals surface area (Å²) in [5.74, 6) is 0.129. The SMILES string of the molecule is N[C@@H](CS)C(=O)N1CCCCC12CNC2=O. The minimum Gasteiger partial charge on any atom is -0.351 e. The number of carbonyl (C=O) groups excluding carboxylic acids is 2. The zero-order valence-electron chi connectivity index (χ0n) is 9.11. The number of carbonyl (C=O) groups is 2. The van der Waals surface area contributed by atoms with Crippen molar-refractivity contribution < 1.29 is 9.59 Å². The van der Waals surface area contributed by atoms with Crippen molar-refractivity contribution in [2.75, 3.05) is 18.8 Å². The molecule has 6 heteroatoms. The van der Waals surface area contributed by atoms with Crippen LogP contribution in [-0.2, 0) is 9.59 Å². The monoisotopic (exact) mass is 243 g/mol. The number of amides is 2. The second-order valence-electron chi connectivity index (χ2n) is 4.45. The van der Waals surface area contributed by atoms with Gasteiger partial charge >= 0.3 is 0 Å². The maximum absolute atomic E-state index is 12.1. The van der Waals surface area contributed by atoms with Crippen molar-refractivity contribution in [2.45, 2.75) is 30.8 Å².